The molecule has 96 valence electrons. The zero-order chi connectivity index (χ0) is 13.0. The SMILES string of the molecule is CCOC(=O)CCCn1c(C)nc2ccccc21. The second-order valence-corrected chi connectivity index (χ2v) is 4.21. The summed E-state index contributed by atoms with van der Waals surface area (Å²) in [4.78, 5) is 15.8. The van der Waals surface area contributed by atoms with Gasteiger partial charge >= 0.3 is 5.97 Å². The summed E-state index contributed by atoms with van der Waals surface area (Å²) in [6.07, 6.45) is 1.24. The molecule has 4 nitrogen and oxygen atoms in total. The fourth-order valence-corrected chi connectivity index (χ4v) is 2.09. The summed E-state index contributed by atoms with van der Waals surface area (Å²) in [5, 5.41) is 0. The molecular formula is C14H18N2O2. The van der Waals surface area contributed by atoms with Crippen molar-refractivity contribution in [3.63, 3.8) is 0 Å². The van der Waals surface area contributed by atoms with Gasteiger partial charge in [0.2, 0.25) is 0 Å². The average molecular weight is 246 g/mol. The monoisotopic (exact) mass is 246 g/mol. The molecule has 0 aliphatic rings. The summed E-state index contributed by atoms with van der Waals surface area (Å²) < 4.78 is 7.06. The number of carbonyl (C=O) groups is 1. The van der Waals surface area contributed by atoms with Crippen molar-refractivity contribution in [2.75, 3.05) is 6.61 Å². The molecule has 0 bridgehead atoms. The Hall–Kier alpha value is -1.84. The predicted molar refractivity (Wildman–Crippen MR) is 70.3 cm³/mol. The van der Waals surface area contributed by atoms with Gasteiger partial charge in [0.05, 0.1) is 17.6 Å². The number of hydrogen-bond acceptors (Lipinski definition) is 3. The normalized spacial score (nSPS) is 10.8. The van der Waals surface area contributed by atoms with E-state index in [-0.39, 0.29) is 5.97 Å². The largest absolute Gasteiger partial charge is 0.466 e. The lowest BCUT2D eigenvalue weighted by Crippen LogP contribution is -2.07. The zero-order valence-electron chi connectivity index (χ0n) is 10.8. The van der Waals surface area contributed by atoms with E-state index in [4.69, 9.17) is 4.74 Å². The molecule has 18 heavy (non-hydrogen) atoms. The van der Waals surface area contributed by atoms with Crippen LogP contribution in [-0.4, -0.2) is 22.1 Å². The third kappa shape index (κ3) is 2.70. The van der Waals surface area contributed by atoms with Gasteiger partial charge < -0.3 is 9.30 Å². The number of aromatic nitrogens is 2. The minimum Gasteiger partial charge on any atom is -0.466 e. The van der Waals surface area contributed by atoms with Gasteiger partial charge in [0, 0.05) is 13.0 Å². The van der Waals surface area contributed by atoms with E-state index in [1.807, 2.05) is 32.0 Å². The number of hydrogen-bond donors (Lipinski definition) is 0. The first-order valence-electron chi connectivity index (χ1n) is 6.30. The van der Waals surface area contributed by atoms with Gasteiger partial charge in [-0.2, -0.15) is 0 Å². The molecular weight excluding hydrogens is 228 g/mol. The lowest BCUT2D eigenvalue weighted by molar-refractivity contribution is -0.143. The summed E-state index contributed by atoms with van der Waals surface area (Å²) in [6, 6.07) is 8.05. The second kappa shape index (κ2) is 5.67. The molecule has 0 unspecified atom stereocenters. The highest BCUT2D eigenvalue weighted by Gasteiger charge is 2.07. The molecule has 2 aromatic rings. The summed E-state index contributed by atoms with van der Waals surface area (Å²) >= 11 is 0. The van der Waals surface area contributed by atoms with Crippen molar-refractivity contribution in [1.82, 2.24) is 9.55 Å². The number of nitrogens with zero attached hydrogens (tertiary/aromatic N) is 2. The Morgan fingerprint density at radius 3 is 2.94 bits per heavy atom. The highest BCUT2D eigenvalue weighted by molar-refractivity contribution is 5.75. The van der Waals surface area contributed by atoms with E-state index in [1.54, 1.807) is 0 Å². The van der Waals surface area contributed by atoms with Crippen LogP contribution in [0.5, 0.6) is 0 Å². The van der Waals surface area contributed by atoms with Gasteiger partial charge in [-0.3, -0.25) is 4.79 Å². The summed E-state index contributed by atoms with van der Waals surface area (Å²) in [6.45, 7) is 5.06. The third-order valence-corrected chi connectivity index (χ3v) is 2.91. The van der Waals surface area contributed by atoms with Gasteiger partial charge in [0.15, 0.2) is 0 Å². The van der Waals surface area contributed by atoms with E-state index in [2.05, 4.69) is 15.6 Å². The van der Waals surface area contributed by atoms with Gasteiger partial charge in [-0.25, -0.2) is 4.98 Å². The number of rotatable bonds is 5. The first-order chi connectivity index (χ1) is 8.72. The first-order valence-corrected chi connectivity index (χ1v) is 6.30. The molecule has 0 atom stereocenters. The predicted octanol–water partition coefficient (Wildman–Crippen LogP) is 2.69. The molecule has 0 saturated heterocycles. The minimum absolute atomic E-state index is 0.125. The molecule has 0 saturated carbocycles. The topological polar surface area (TPSA) is 44.1 Å². The van der Waals surface area contributed by atoms with Crippen LogP contribution in [0.3, 0.4) is 0 Å². The van der Waals surface area contributed by atoms with Crippen LogP contribution >= 0.6 is 0 Å². The van der Waals surface area contributed by atoms with Crippen LogP contribution in [0.2, 0.25) is 0 Å². The molecule has 0 amide bonds. The Labute approximate surface area is 107 Å². The van der Waals surface area contributed by atoms with Crippen molar-refractivity contribution < 1.29 is 9.53 Å². The van der Waals surface area contributed by atoms with E-state index in [0.717, 1.165) is 29.8 Å². The Morgan fingerprint density at radius 1 is 1.39 bits per heavy atom. The van der Waals surface area contributed by atoms with Gasteiger partial charge in [-0.1, -0.05) is 12.1 Å². The van der Waals surface area contributed by atoms with Crippen molar-refractivity contribution in [3.05, 3.63) is 30.1 Å². The number of aryl methyl sites for hydroxylation is 2. The first kappa shape index (κ1) is 12.6. The Balaban J connectivity index is 2.03. The van der Waals surface area contributed by atoms with Crippen LogP contribution in [0.1, 0.15) is 25.6 Å². The third-order valence-electron chi connectivity index (χ3n) is 2.91. The number of imidazole rings is 1. The quantitative estimate of drug-likeness (QED) is 0.762. The second-order valence-electron chi connectivity index (χ2n) is 4.21. The van der Waals surface area contributed by atoms with Gasteiger partial charge in [0.1, 0.15) is 5.82 Å². The van der Waals surface area contributed by atoms with Crippen molar-refractivity contribution in [3.8, 4) is 0 Å². The van der Waals surface area contributed by atoms with E-state index in [9.17, 15) is 4.79 Å². The maximum Gasteiger partial charge on any atom is 0.305 e. The molecule has 0 spiro atoms. The zero-order valence-corrected chi connectivity index (χ0v) is 10.8. The van der Waals surface area contributed by atoms with Crippen LogP contribution in [0.4, 0.5) is 0 Å². The number of benzene rings is 1. The Morgan fingerprint density at radius 2 is 2.17 bits per heavy atom. The number of esters is 1. The number of para-hydroxylation sites is 2. The van der Waals surface area contributed by atoms with Crippen molar-refractivity contribution >= 4 is 17.0 Å². The Bertz CT molecular complexity index is 546. The summed E-state index contributed by atoms with van der Waals surface area (Å²) in [5.41, 5.74) is 2.13. The van der Waals surface area contributed by atoms with E-state index < -0.39 is 0 Å². The lowest BCUT2D eigenvalue weighted by atomic mass is 10.3. The highest BCUT2D eigenvalue weighted by atomic mass is 16.5. The molecule has 0 radical (unpaired) electrons. The Kier molecular flexibility index (Phi) is 3.97. The molecule has 0 N–H and O–H groups in total. The molecule has 4 heteroatoms. The van der Waals surface area contributed by atoms with Gasteiger partial charge in [-0.05, 0) is 32.4 Å². The van der Waals surface area contributed by atoms with Gasteiger partial charge in [0.25, 0.3) is 0 Å². The number of fused-ring (bicyclic) bond motifs is 1. The fourth-order valence-electron chi connectivity index (χ4n) is 2.09. The van der Waals surface area contributed by atoms with Gasteiger partial charge in [-0.15, -0.1) is 0 Å². The average Bonchev–Trinajstić information content (AvgIpc) is 2.66. The molecule has 0 fully saturated rings. The van der Waals surface area contributed by atoms with E-state index in [0.29, 0.717) is 13.0 Å². The summed E-state index contributed by atoms with van der Waals surface area (Å²) in [7, 11) is 0. The lowest BCUT2D eigenvalue weighted by Gasteiger charge is -2.06. The molecule has 2 rings (SSSR count). The maximum atomic E-state index is 11.3. The van der Waals surface area contributed by atoms with E-state index in [1.165, 1.54) is 0 Å². The van der Waals surface area contributed by atoms with E-state index >= 15 is 0 Å². The highest BCUT2D eigenvalue weighted by Crippen LogP contribution is 2.16. The van der Waals surface area contributed by atoms with Crippen LogP contribution in [-0.2, 0) is 16.1 Å². The number of ether oxygens (including phenoxy) is 1. The van der Waals surface area contributed by atoms with Crippen LogP contribution in [0, 0.1) is 6.92 Å². The fraction of sp³-hybridized carbons (Fsp3) is 0.429. The molecule has 1 aromatic heterocycles. The van der Waals surface area contributed by atoms with Crippen molar-refractivity contribution in [1.29, 1.82) is 0 Å². The van der Waals surface area contributed by atoms with Crippen molar-refractivity contribution in [2.24, 2.45) is 0 Å². The van der Waals surface area contributed by atoms with Crippen LogP contribution < -0.4 is 0 Å². The van der Waals surface area contributed by atoms with Crippen molar-refractivity contribution in [2.45, 2.75) is 33.2 Å². The van der Waals surface area contributed by atoms with Crippen LogP contribution in [0.25, 0.3) is 11.0 Å². The standard InChI is InChI=1S/C14H18N2O2/c1-3-18-14(17)9-6-10-16-11(2)15-12-7-4-5-8-13(12)16/h4-5,7-8H,3,6,9-10H2,1-2H3. The molecule has 1 aromatic carbocycles. The number of carbonyl (C=O) groups excluding carboxylic acids is 1. The molecule has 0 aliphatic heterocycles. The molecule has 0 aliphatic carbocycles. The minimum atomic E-state index is -0.125. The maximum absolute atomic E-state index is 11.3. The smallest absolute Gasteiger partial charge is 0.305 e. The molecule has 1 heterocycles. The summed E-state index contributed by atoms with van der Waals surface area (Å²) in [5.74, 6) is 0.861. The van der Waals surface area contributed by atoms with Crippen LogP contribution in [0.15, 0.2) is 24.3 Å².